The minimum Gasteiger partial charge on any atom is -0.497 e. The largest absolute Gasteiger partial charge is 0.497 e. The molecule has 0 heterocycles. The third-order valence-corrected chi connectivity index (χ3v) is 3.19. The third-order valence-electron chi connectivity index (χ3n) is 2.79. The van der Waals surface area contributed by atoms with E-state index in [0.29, 0.717) is 11.1 Å². The van der Waals surface area contributed by atoms with E-state index in [2.05, 4.69) is 18.1 Å². The Morgan fingerprint density at radius 1 is 1.67 bits per heavy atom. The molecule has 0 amide bonds. The number of halogens is 1. The summed E-state index contributed by atoms with van der Waals surface area (Å²) >= 11 is 6.05. The lowest BCUT2D eigenvalue weighted by Crippen LogP contribution is -2.11. The van der Waals surface area contributed by atoms with Crippen molar-refractivity contribution in [2.24, 2.45) is 11.0 Å². The second-order valence-electron chi connectivity index (χ2n) is 4.30. The molecule has 18 heavy (non-hydrogen) atoms. The van der Waals surface area contributed by atoms with Gasteiger partial charge in [0.05, 0.1) is 7.11 Å². The highest BCUT2D eigenvalue weighted by Crippen LogP contribution is 2.22. The quantitative estimate of drug-likeness (QED) is 0.429. The van der Waals surface area contributed by atoms with Gasteiger partial charge in [-0.1, -0.05) is 24.6 Å². The van der Waals surface area contributed by atoms with Crippen LogP contribution >= 0.6 is 11.6 Å². The number of hydrogen-bond acceptors (Lipinski definition) is 3. The van der Waals surface area contributed by atoms with Crippen LogP contribution in [0, 0.1) is 5.92 Å². The van der Waals surface area contributed by atoms with E-state index in [1.807, 2.05) is 32.3 Å². The Bertz CT molecular complexity index is 397. The van der Waals surface area contributed by atoms with Crippen molar-refractivity contribution in [3.8, 4) is 0 Å². The fourth-order valence-electron chi connectivity index (χ4n) is 1.76. The Morgan fingerprint density at radius 3 is 2.94 bits per heavy atom. The van der Waals surface area contributed by atoms with E-state index in [9.17, 15) is 0 Å². The van der Waals surface area contributed by atoms with E-state index >= 15 is 0 Å². The van der Waals surface area contributed by atoms with Crippen molar-refractivity contribution in [3.05, 3.63) is 34.7 Å². The van der Waals surface area contributed by atoms with Crippen LogP contribution in [-0.4, -0.2) is 25.4 Å². The van der Waals surface area contributed by atoms with Gasteiger partial charge in [0.1, 0.15) is 10.9 Å². The number of hydrazone groups is 1. The first-order valence-corrected chi connectivity index (χ1v) is 6.51. The van der Waals surface area contributed by atoms with Crippen LogP contribution in [0.3, 0.4) is 0 Å². The molecule has 4 heteroatoms. The van der Waals surface area contributed by atoms with E-state index in [0.717, 1.165) is 18.6 Å². The lowest BCUT2D eigenvalue weighted by Gasteiger charge is -2.17. The van der Waals surface area contributed by atoms with Crippen LogP contribution in [-0.2, 0) is 4.74 Å². The second kappa shape index (κ2) is 7.27. The molecule has 0 spiro atoms. The van der Waals surface area contributed by atoms with Crippen molar-refractivity contribution in [3.63, 3.8) is 0 Å². The molecular formula is C14H21ClN2O. The van der Waals surface area contributed by atoms with Gasteiger partial charge in [-0.3, -0.25) is 5.01 Å². The molecule has 1 atom stereocenters. The predicted octanol–water partition coefficient (Wildman–Crippen LogP) is 3.89. The summed E-state index contributed by atoms with van der Waals surface area (Å²) in [5, 5.41) is 6.68. The van der Waals surface area contributed by atoms with Crippen LogP contribution in [0.1, 0.15) is 26.7 Å². The molecule has 0 aliphatic heterocycles. The summed E-state index contributed by atoms with van der Waals surface area (Å²) in [5.41, 5.74) is 1.24. The molecule has 0 radical (unpaired) electrons. The fourth-order valence-corrected chi connectivity index (χ4v) is 1.96. The van der Waals surface area contributed by atoms with Gasteiger partial charge >= 0.3 is 0 Å². The zero-order chi connectivity index (χ0) is 13.5. The van der Waals surface area contributed by atoms with Crippen molar-refractivity contribution >= 4 is 17.8 Å². The van der Waals surface area contributed by atoms with Crippen LogP contribution < -0.4 is 0 Å². The predicted molar refractivity (Wildman–Crippen MR) is 77.4 cm³/mol. The molecule has 0 N–H and O–H groups in total. The molecular weight excluding hydrogens is 248 g/mol. The summed E-state index contributed by atoms with van der Waals surface area (Å²) in [6.45, 7) is 4.13. The molecule has 0 aromatic heterocycles. The Labute approximate surface area is 114 Å². The average molecular weight is 269 g/mol. The normalized spacial score (nSPS) is 20.7. The minimum atomic E-state index is 0.303. The standard InChI is InChI=1S/C14H21ClN2O/c1-5-6-14(15)17(3)16-10-12-7-8-13(18-4)11(2)9-12/h6-8,10,12H,5,9H2,1-4H3/b14-6-,16-10+. The van der Waals surface area contributed by atoms with Gasteiger partial charge in [-0.15, -0.1) is 0 Å². The number of rotatable bonds is 5. The van der Waals surface area contributed by atoms with E-state index in [1.54, 1.807) is 12.1 Å². The highest BCUT2D eigenvalue weighted by atomic mass is 35.5. The Balaban J connectivity index is 2.59. The van der Waals surface area contributed by atoms with E-state index < -0.39 is 0 Å². The third kappa shape index (κ3) is 4.22. The van der Waals surface area contributed by atoms with Crippen LogP contribution in [0.15, 0.2) is 39.8 Å². The van der Waals surface area contributed by atoms with Crippen LogP contribution in [0.25, 0.3) is 0 Å². The molecule has 1 rings (SSSR count). The number of allylic oxidation sites excluding steroid dienone is 4. The number of ether oxygens (including phenoxy) is 1. The van der Waals surface area contributed by atoms with Crippen molar-refractivity contribution in [1.82, 2.24) is 5.01 Å². The fraction of sp³-hybridized carbons (Fsp3) is 0.500. The molecule has 1 aliphatic rings. The first kappa shape index (κ1) is 14.8. The smallest absolute Gasteiger partial charge is 0.121 e. The molecule has 0 bridgehead atoms. The molecule has 0 saturated heterocycles. The SMILES string of the molecule is CC/C=C(/Cl)N(C)/N=C/C1C=CC(OC)=C(C)C1. The molecule has 100 valence electrons. The summed E-state index contributed by atoms with van der Waals surface area (Å²) in [5.74, 6) is 1.26. The van der Waals surface area contributed by atoms with Gasteiger partial charge < -0.3 is 4.74 Å². The summed E-state index contributed by atoms with van der Waals surface area (Å²) in [7, 11) is 3.54. The maximum atomic E-state index is 6.05. The monoisotopic (exact) mass is 268 g/mol. The number of nitrogens with zero attached hydrogens (tertiary/aromatic N) is 2. The molecule has 0 aromatic rings. The van der Waals surface area contributed by atoms with Gasteiger partial charge in [0.15, 0.2) is 0 Å². The molecule has 3 nitrogen and oxygen atoms in total. The topological polar surface area (TPSA) is 24.8 Å². The highest BCUT2D eigenvalue weighted by Gasteiger charge is 2.12. The molecule has 0 fully saturated rings. The maximum absolute atomic E-state index is 6.05. The molecule has 1 unspecified atom stereocenters. The van der Waals surface area contributed by atoms with Gasteiger partial charge in [0.25, 0.3) is 0 Å². The van der Waals surface area contributed by atoms with Gasteiger partial charge in [-0.05, 0) is 37.5 Å². The van der Waals surface area contributed by atoms with Gasteiger partial charge in [-0.25, -0.2) is 0 Å². The Hall–Kier alpha value is -1.22. The van der Waals surface area contributed by atoms with Gasteiger partial charge in [0, 0.05) is 19.2 Å². The van der Waals surface area contributed by atoms with Crippen molar-refractivity contribution < 1.29 is 4.74 Å². The van der Waals surface area contributed by atoms with Crippen molar-refractivity contribution in [2.75, 3.05) is 14.2 Å². The molecule has 1 aliphatic carbocycles. The van der Waals surface area contributed by atoms with Crippen LogP contribution in [0.5, 0.6) is 0 Å². The molecule has 0 saturated carbocycles. The number of hydrogen-bond donors (Lipinski definition) is 0. The first-order valence-electron chi connectivity index (χ1n) is 6.13. The first-order chi connectivity index (χ1) is 8.58. The van der Waals surface area contributed by atoms with Crippen molar-refractivity contribution in [2.45, 2.75) is 26.7 Å². The lowest BCUT2D eigenvalue weighted by atomic mass is 9.95. The Kier molecular flexibility index (Phi) is 5.99. The summed E-state index contributed by atoms with van der Waals surface area (Å²) in [6, 6.07) is 0. The summed E-state index contributed by atoms with van der Waals surface area (Å²) in [6.07, 6.45) is 9.79. The average Bonchev–Trinajstić information content (AvgIpc) is 2.36. The maximum Gasteiger partial charge on any atom is 0.121 e. The van der Waals surface area contributed by atoms with Crippen molar-refractivity contribution in [1.29, 1.82) is 0 Å². The lowest BCUT2D eigenvalue weighted by molar-refractivity contribution is 0.298. The highest BCUT2D eigenvalue weighted by molar-refractivity contribution is 6.29. The minimum absolute atomic E-state index is 0.303. The number of methoxy groups -OCH3 is 1. The summed E-state index contributed by atoms with van der Waals surface area (Å²) in [4.78, 5) is 0. The van der Waals surface area contributed by atoms with E-state index in [-0.39, 0.29) is 0 Å². The van der Waals surface area contributed by atoms with Gasteiger partial charge in [0.2, 0.25) is 0 Å². The van der Waals surface area contributed by atoms with E-state index in [1.165, 1.54) is 5.57 Å². The van der Waals surface area contributed by atoms with E-state index in [4.69, 9.17) is 16.3 Å². The van der Waals surface area contributed by atoms with Gasteiger partial charge in [-0.2, -0.15) is 5.10 Å². The second-order valence-corrected chi connectivity index (χ2v) is 4.69. The molecule has 0 aromatic carbocycles. The van der Waals surface area contributed by atoms with Crippen LogP contribution in [0.2, 0.25) is 0 Å². The zero-order valence-electron chi connectivity index (χ0n) is 11.5. The summed E-state index contributed by atoms with van der Waals surface area (Å²) < 4.78 is 5.26. The van der Waals surface area contributed by atoms with Crippen LogP contribution in [0.4, 0.5) is 0 Å². The Morgan fingerprint density at radius 2 is 2.39 bits per heavy atom. The zero-order valence-corrected chi connectivity index (χ0v) is 12.2.